The van der Waals surface area contributed by atoms with Crippen molar-refractivity contribution in [2.24, 2.45) is 10.9 Å². The maximum absolute atomic E-state index is 12.1. The topological polar surface area (TPSA) is 79.9 Å². The standard InChI is InChI=1S/C10H12F3N3O2/c1-6(9(14)16-17)15-7-4-2-3-5-8(7)18-10(11,12)13/h2-6,15,17H,1H3,(H2,14,16). The zero-order valence-corrected chi connectivity index (χ0v) is 9.40. The Morgan fingerprint density at radius 3 is 2.61 bits per heavy atom. The lowest BCUT2D eigenvalue weighted by Crippen LogP contribution is -2.33. The first kappa shape index (κ1) is 13.9. The first-order chi connectivity index (χ1) is 8.33. The van der Waals surface area contributed by atoms with E-state index in [0.29, 0.717) is 0 Å². The molecule has 1 aromatic carbocycles. The quantitative estimate of drug-likeness (QED) is 0.336. The van der Waals surface area contributed by atoms with Gasteiger partial charge in [0, 0.05) is 0 Å². The molecular weight excluding hydrogens is 251 g/mol. The molecule has 0 radical (unpaired) electrons. The van der Waals surface area contributed by atoms with Crippen LogP contribution in [-0.4, -0.2) is 23.4 Å². The highest BCUT2D eigenvalue weighted by molar-refractivity contribution is 5.87. The van der Waals surface area contributed by atoms with Crippen LogP contribution in [0.1, 0.15) is 6.92 Å². The molecule has 0 fully saturated rings. The van der Waals surface area contributed by atoms with E-state index in [2.05, 4.69) is 15.2 Å². The number of oxime groups is 1. The monoisotopic (exact) mass is 263 g/mol. The summed E-state index contributed by atoms with van der Waals surface area (Å²) in [6, 6.07) is 4.84. The number of ether oxygens (including phenoxy) is 1. The van der Waals surface area contributed by atoms with Gasteiger partial charge in [0.1, 0.15) is 0 Å². The number of nitrogens with one attached hydrogen (secondary N) is 1. The Kier molecular flexibility index (Phi) is 4.24. The molecule has 0 spiro atoms. The van der Waals surface area contributed by atoms with Crippen LogP contribution in [0.4, 0.5) is 18.9 Å². The number of anilines is 1. The van der Waals surface area contributed by atoms with E-state index in [4.69, 9.17) is 10.9 Å². The largest absolute Gasteiger partial charge is 0.573 e. The van der Waals surface area contributed by atoms with Crippen molar-refractivity contribution in [3.8, 4) is 5.75 Å². The Bertz CT molecular complexity index is 435. The molecule has 1 atom stereocenters. The fourth-order valence-corrected chi connectivity index (χ4v) is 1.19. The molecule has 0 saturated heterocycles. The average molecular weight is 263 g/mol. The SMILES string of the molecule is CC(Nc1ccccc1OC(F)(F)F)C(N)=NO. The van der Waals surface area contributed by atoms with Crippen molar-refractivity contribution in [2.75, 3.05) is 5.32 Å². The predicted molar refractivity (Wildman–Crippen MR) is 59.6 cm³/mol. The molecule has 0 amide bonds. The van der Waals surface area contributed by atoms with Crippen molar-refractivity contribution in [3.05, 3.63) is 24.3 Å². The van der Waals surface area contributed by atoms with Gasteiger partial charge in [0.2, 0.25) is 0 Å². The summed E-state index contributed by atoms with van der Waals surface area (Å²) in [6.07, 6.45) is -4.78. The van der Waals surface area contributed by atoms with Crippen LogP contribution in [0.15, 0.2) is 29.4 Å². The fourth-order valence-electron chi connectivity index (χ4n) is 1.19. The number of nitrogens with two attached hydrogens (primary N) is 1. The van der Waals surface area contributed by atoms with Crippen LogP contribution in [0.3, 0.4) is 0 Å². The minimum absolute atomic E-state index is 0.0916. The number of nitrogens with zero attached hydrogens (tertiary/aromatic N) is 1. The molecule has 0 aliphatic carbocycles. The zero-order chi connectivity index (χ0) is 13.8. The van der Waals surface area contributed by atoms with Gasteiger partial charge in [-0.2, -0.15) is 0 Å². The number of benzene rings is 1. The molecule has 18 heavy (non-hydrogen) atoms. The van der Waals surface area contributed by atoms with Gasteiger partial charge in [-0.25, -0.2) is 0 Å². The molecule has 0 bridgehead atoms. The van der Waals surface area contributed by atoms with Crippen molar-refractivity contribution in [2.45, 2.75) is 19.3 Å². The van der Waals surface area contributed by atoms with Crippen molar-refractivity contribution in [1.82, 2.24) is 0 Å². The summed E-state index contributed by atoms with van der Waals surface area (Å²) in [6.45, 7) is 1.53. The highest BCUT2D eigenvalue weighted by atomic mass is 19.4. The molecule has 0 aromatic heterocycles. The highest BCUT2D eigenvalue weighted by Crippen LogP contribution is 2.30. The lowest BCUT2D eigenvalue weighted by molar-refractivity contribution is -0.274. The van der Waals surface area contributed by atoms with E-state index >= 15 is 0 Å². The first-order valence-corrected chi connectivity index (χ1v) is 4.92. The molecule has 4 N–H and O–H groups in total. The van der Waals surface area contributed by atoms with E-state index in [0.717, 1.165) is 6.07 Å². The van der Waals surface area contributed by atoms with E-state index in [1.807, 2.05) is 0 Å². The minimum atomic E-state index is -4.78. The maximum atomic E-state index is 12.1. The number of alkyl halides is 3. The number of halogens is 3. The molecule has 0 aliphatic rings. The summed E-state index contributed by atoms with van der Waals surface area (Å²) in [4.78, 5) is 0. The summed E-state index contributed by atoms with van der Waals surface area (Å²) in [7, 11) is 0. The Morgan fingerprint density at radius 2 is 2.06 bits per heavy atom. The molecule has 0 heterocycles. The van der Waals surface area contributed by atoms with Gasteiger partial charge >= 0.3 is 6.36 Å². The van der Waals surface area contributed by atoms with Crippen molar-refractivity contribution >= 4 is 11.5 Å². The van der Waals surface area contributed by atoms with Crippen LogP contribution in [0.5, 0.6) is 5.75 Å². The van der Waals surface area contributed by atoms with Gasteiger partial charge in [-0.05, 0) is 19.1 Å². The molecule has 8 heteroatoms. The second-order valence-corrected chi connectivity index (χ2v) is 3.43. The van der Waals surface area contributed by atoms with Crippen LogP contribution in [0.25, 0.3) is 0 Å². The number of amidine groups is 1. The normalized spacial score (nSPS) is 14.1. The Balaban J connectivity index is 2.89. The Morgan fingerprint density at radius 1 is 1.44 bits per heavy atom. The van der Waals surface area contributed by atoms with Crippen molar-refractivity contribution < 1.29 is 23.1 Å². The van der Waals surface area contributed by atoms with Gasteiger partial charge in [-0.3, -0.25) is 0 Å². The van der Waals surface area contributed by atoms with Crippen LogP contribution in [-0.2, 0) is 0 Å². The van der Waals surface area contributed by atoms with Gasteiger partial charge in [0.15, 0.2) is 11.6 Å². The maximum Gasteiger partial charge on any atom is 0.573 e. The lowest BCUT2D eigenvalue weighted by Gasteiger charge is -2.17. The summed E-state index contributed by atoms with van der Waals surface area (Å²) >= 11 is 0. The molecule has 0 aliphatic heterocycles. The fraction of sp³-hybridized carbons (Fsp3) is 0.300. The predicted octanol–water partition coefficient (Wildman–Crippen LogP) is 2.13. The second-order valence-electron chi connectivity index (χ2n) is 3.43. The molecule has 100 valence electrons. The number of rotatable bonds is 4. The van der Waals surface area contributed by atoms with E-state index in [1.54, 1.807) is 0 Å². The summed E-state index contributed by atoms with van der Waals surface area (Å²) in [5.74, 6) is -0.542. The molecule has 1 unspecified atom stereocenters. The van der Waals surface area contributed by atoms with E-state index in [9.17, 15) is 13.2 Å². The summed E-state index contributed by atoms with van der Waals surface area (Å²) in [5.41, 5.74) is 5.41. The number of hydrogen-bond donors (Lipinski definition) is 3. The number of hydrogen-bond acceptors (Lipinski definition) is 4. The second kappa shape index (κ2) is 5.48. The molecule has 1 aromatic rings. The van der Waals surface area contributed by atoms with E-state index in [1.165, 1.54) is 25.1 Å². The van der Waals surface area contributed by atoms with Crippen LogP contribution in [0.2, 0.25) is 0 Å². The summed E-state index contributed by atoms with van der Waals surface area (Å²) < 4.78 is 40.3. The van der Waals surface area contributed by atoms with Gasteiger partial charge in [0.05, 0.1) is 11.7 Å². The third-order valence-corrected chi connectivity index (χ3v) is 2.04. The average Bonchev–Trinajstić information content (AvgIpc) is 2.28. The van der Waals surface area contributed by atoms with Crippen LogP contribution in [0, 0.1) is 0 Å². The molecule has 5 nitrogen and oxygen atoms in total. The number of para-hydroxylation sites is 2. The lowest BCUT2D eigenvalue weighted by atomic mass is 10.2. The molecule has 1 rings (SSSR count). The van der Waals surface area contributed by atoms with E-state index < -0.39 is 12.4 Å². The van der Waals surface area contributed by atoms with Crippen molar-refractivity contribution in [1.29, 1.82) is 0 Å². The summed E-state index contributed by atoms with van der Waals surface area (Å²) in [5, 5.41) is 13.9. The van der Waals surface area contributed by atoms with Gasteiger partial charge in [-0.15, -0.1) is 13.2 Å². The van der Waals surface area contributed by atoms with Gasteiger partial charge < -0.3 is 21.0 Å². The van der Waals surface area contributed by atoms with Crippen molar-refractivity contribution in [3.63, 3.8) is 0 Å². The third-order valence-electron chi connectivity index (χ3n) is 2.04. The van der Waals surface area contributed by atoms with Gasteiger partial charge in [-0.1, -0.05) is 17.3 Å². The third kappa shape index (κ3) is 4.04. The van der Waals surface area contributed by atoms with Crippen LogP contribution >= 0.6 is 0 Å². The zero-order valence-electron chi connectivity index (χ0n) is 9.40. The first-order valence-electron chi connectivity index (χ1n) is 4.92. The Labute approximate surface area is 101 Å². The molecule has 0 saturated carbocycles. The smallest absolute Gasteiger partial charge is 0.409 e. The van der Waals surface area contributed by atoms with E-state index in [-0.39, 0.29) is 17.3 Å². The Hall–Kier alpha value is -2.12. The molecular formula is C10H12F3N3O2. The van der Waals surface area contributed by atoms with Gasteiger partial charge in [0.25, 0.3) is 0 Å². The highest BCUT2D eigenvalue weighted by Gasteiger charge is 2.32. The minimum Gasteiger partial charge on any atom is -0.409 e. The van der Waals surface area contributed by atoms with Crippen LogP contribution < -0.4 is 15.8 Å².